The highest BCUT2D eigenvalue weighted by Gasteiger charge is 2.36. The third-order valence-corrected chi connectivity index (χ3v) is 5.43. The van der Waals surface area contributed by atoms with E-state index in [0.29, 0.717) is 5.75 Å². The van der Waals surface area contributed by atoms with Gasteiger partial charge in [-0.2, -0.15) is 13.2 Å². The lowest BCUT2D eigenvalue weighted by Gasteiger charge is -2.30. The molecule has 30 heavy (non-hydrogen) atoms. The first-order valence-electron chi connectivity index (χ1n) is 8.58. The predicted octanol–water partition coefficient (Wildman–Crippen LogP) is 3.52. The normalized spacial score (nSPS) is 12.8. The number of sulfonamides is 1. The summed E-state index contributed by atoms with van der Waals surface area (Å²) in [5.74, 6) is -0.520. The summed E-state index contributed by atoms with van der Waals surface area (Å²) in [5.41, 5.74) is -1.52. The van der Waals surface area contributed by atoms with Crippen LogP contribution in [0.3, 0.4) is 0 Å². The molecule has 0 spiro atoms. The van der Waals surface area contributed by atoms with E-state index >= 15 is 0 Å². The van der Waals surface area contributed by atoms with Crippen molar-refractivity contribution in [2.45, 2.75) is 19.1 Å². The van der Waals surface area contributed by atoms with E-state index in [-0.39, 0.29) is 11.4 Å². The molecule has 1 amide bonds. The van der Waals surface area contributed by atoms with Gasteiger partial charge in [0.05, 0.1) is 37.4 Å². The van der Waals surface area contributed by atoms with Crippen LogP contribution in [0, 0.1) is 0 Å². The first-order chi connectivity index (χ1) is 13.9. The molecule has 164 valence electrons. The first kappa shape index (κ1) is 23.3. The largest absolute Gasteiger partial charge is 0.497 e. The molecule has 0 fully saturated rings. The molecular formula is C19H21F3N2O5S. The second-order valence-electron chi connectivity index (χ2n) is 6.31. The van der Waals surface area contributed by atoms with E-state index in [2.05, 4.69) is 5.32 Å². The van der Waals surface area contributed by atoms with Crippen LogP contribution in [0.5, 0.6) is 11.5 Å². The van der Waals surface area contributed by atoms with Crippen molar-refractivity contribution in [3.8, 4) is 11.5 Å². The Labute approximate surface area is 172 Å². The lowest BCUT2D eigenvalue weighted by Crippen LogP contribution is -2.45. The number of carbonyl (C=O) groups is 1. The van der Waals surface area contributed by atoms with Gasteiger partial charge in [0.2, 0.25) is 15.9 Å². The van der Waals surface area contributed by atoms with Crippen LogP contribution in [0.1, 0.15) is 12.5 Å². The Bertz CT molecular complexity index is 1030. The molecule has 0 saturated carbocycles. The van der Waals surface area contributed by atoms with Gasteiger partial charge in [0.25, 0.3) is 0 Å². The fraction of sp³-hybridized carbons (Fsp3) is 0.316. The molecule has 0 unspecified atom stereocenters. The van der Waals surface area contributed by atoms with Crippen LogP contribution >= 0.6 is 0 Å². The summed E-state index contributed by atoms with van der Waals surface area (Å²) in [6, 6.07) is 7.36. The van der Waals surface area contributed by atoms with E-state index in [9.17, 15) is 26.4 Å². The van der Waals surface area contributed by atoms with Gasteiger partial charge in [-0.25, -0.2) is 8.42 Å². The molecule has 1 N–H and O–H groups in total. The zero-order valence-electron chi connectivity index (χ0n) is 16.6. The molecule has 11 heteroatoms. The van der Waals surface area contributed by atoms with Crippen molar-refractivity contribution in [1.82, 2.24) is 0 Å². The number of amides is 1. The SMILES string of the molecule is COc1ccc(OC)c(N([C@@H](C)C(=O)Nc2ccccc2C(F)(F)F)S(C)(=O)=O)c1. The fourth-order valence-electron chi connectivity index (χ4n) is 2.83. The van der Waals surface area contributed by atoms with Gasteiger partial charge in [-0.15, -0.1) is 0 Å². The van der Waals surface area contributed by atoms with Gasteiger partial charge < -0.3 is 14.8 Å². The van der Waals surface area contributed by atoms with E-state index in [0.717, 1.165) is 22.7 Å². The standard InChI is InChI=1S/C19H21F3N2O5S/c1-12(18(25)23-15-8-6-5-7-14(15)19(20,21)22)24(30(4,26)27)16-11-13(28-2)9-10-17(16)29-3/h5-12H,1-4H3,(H,23,25)/t12-/m0/s1. The molecule has 0 aliphatic rings. The molecule has 0 radical (unpaired) electrons. The lowest BCUT2D eigenvalue weighted by atomic mass is 10.1. The van der Waals surface area contributed by atoms with Gasteiger partial charge in [-0.3, -0.25) is 9.10 Å². The second kappa shape index (κ2) is 8.82. The van der Waals surface area contributed by atoms with Crippen LogP contribution in [-0.4, -0.2) is 40.8 Å². The van der Waals surface area contributed by atoms with Crippen LogP contribution in [0.2, 0.25) is 0 Å². The highest BCUT2D eigenvalue weighted by Crippen LogP contribution is 2.37. The second-order valence-corrected chi connectivity index (χ2v) is 8.16. The first-order valence-corrected chi connectivity index (χ1v) is 10.4. The summed E-state index contributed by atoms with van der Waals surface area (Å²) in [5, 5.41) is 2.17. The molecule has 0 heterocycles. The quantitative estimate of drug-likeness (QED) is 0.704. The average Bonchev–Trinajstić information content (AvgIpc) is 2.66. The number of alkyl halides is 3. The number of para-hydroxylation sites is 1. The molecular weight excluding hydrogens is 425 g/mol. The predicted molar refractivity (Wildman–Crippen MR) is 106 cm³/mol. The highest BCUT2D eigenvalue weighted by molar-refractivity contribution is 7.92. The molecule has 1 atom stereocenters. The topological polar surface area (TPSA) is 84.9 Å². The van der Waals surface area contributed by atoms with Gasteiger partial charge in [0.1, 0.15) is 17.5 Å². The molecule has 7 nitrogen and oxygen atoms in total. The smallest absolute Gasteiger partial charge is 0.418 e. The van der Waals surface area contributed by atoms with Gasteiger partial charge in [-0.1, -0.05) is 12.1 Å². The highest BCUT2D eigenvalue weighted by atomic mass is 32.2. The molecule has 2 rings (SSSR count). The van der Waals surface area contributed by atoms with Crippen LogP contribution in [0.15, 0.2) is 42.5 Å². The Kier molecular flexibility index (Phi) is 6.86. The summed E-state index contributed by atoms with van der Waals surface area (Å²) in [4.78, 5) is 12.8. The summed E-state index contributed by atoms with van der Waals surface area (Å²) in [7, 11) is -1.34. The van der Waals surface area contributed by atoms with Crippen LogP contribution in [0.4, 0.5) is 24.5 Å². The number of anilines is 2. The number of halogens is 3. The average molecular weight is 446 g/mol. The summed E-state index contributed by atoms with van der Waals surface area (Å²) < 4.78 is 75.7. The molecule has 0 saturated heterocycles. The number of hydrogen-bond acceptors (Lipinski definition) is 5. The number of methoxy groups -OCH3 is 2. The molecule has 2 aromatic carbocycles. The van der Waals surface area contributed by atoms with E-state index < -0.39 is 39.4 Å². The fourth-order valence-corrected chi connectivity index (χ4v) is 4.00. The Morgan fingerprint density at radius 2 is 1.73 bits per heavy atom. The number of carbonyl (C=O) groups excluding carboxylic acids is 1. The minimum absolute atomic E-state index is 0.00565. The van der Waals surface area contributed by atoms with E-state index in [4.69, 9.17) is 9.47 Å². The third kappa shape index (κ3) is 5.15. The zero-order chi connectivity index (χ0) is 22.7. The maximum Gasteiger partial charge on any atom is 0.418 e. The van der Waals surface area contributed by atoms with Crippen molar-refractivity contribution >= 4 is 27.3 Å². The third-order valence-electron chi connectivity index (χ3n) is 4.20. The van der Waals surface area contributed by atoms with Crippen LogP contribution < -0.4 is 19.1 Å². The van der Waals surface area contributed by atoms with Gasteiger partial charge in [-0.05, 0) is 31.2 Å². The Morgan fingerprint density at radius 1 is 1.10 bits per heavy atom. The van der Waals surface area contributed by atoms with Crippen molar-refractivity contribution in [2.24, 2.45) is 0 Å². The van der Waals surface area contributed by atoms with Crippen molar-refractivity contribution in [3.63, 3.8) is 0 Å². The number of hydrogen-bond donors (Lipinski definition) is 1. The van der Waals surface area contributed by atoms with E-state index in [1.807, 2.05) is 0 Å². The number of rotatable bonds is 7. The molecule has 0 aromatic heterocycles. The molecule has 0 aliphatic carbocycles. The van der Waals surface area contributed by atoms with Crippen LogP contribution in [0.25, 0.3) is 0 Å². The van der Waals surface area contributed by atoms with Crippen LogP contribution in [-0.2, 0) is 21.0 Å². The lowest BCUT2D eigenvalue weighted by molar-refractivity contribution is -0.137. The maximum atomic E-state index is 13.2. The summed E-state index contributed by atoms with van der Waals surface area (Å²) >= 11 is 0. The van der Waals surface area contributed by atoms with E-state index in [1.165, 1.54) is 51.5 Å². The van der Waals surface area contributed by atoms with Gasteiger partial charge in [0, 0.05) is 6.07 Å². The number of benzene rings is 2. The Morgan fingerprint density at radius 3 is 2.27 bits per heavy atom. The van der Waals surface area contributed by atoms with Gasteiger partial charge in [0.15, 0.2) is 0 Å². The number of nitrogens with zero attached hydrogens (tertiary/aromatic N) is 1. The van der Waals surface area contributed by atoms with Crippen molar-refractivity contribution < 1.29 is 35.9 Å². The van der Waals surface area contributed by atoms with Crippen molar-refractivity contribution in [3.05, 3.63) is 48.0 Å². The van der Waals surface area contributed by atoms with E-state index in [1.54, 1.807) is 0 Å². The van der Waals surface area contributed by atoms with Crippen molar-refractivity contribution in [2.75, 3.05) is 30.1 Å². The minimum atomic E-state index is -4.69. The van der Waals surface area contributed by atoms with Gasteiger partial charge >= 0.3 is 6.18 Å². The summed E-state index contributed by atoms with van der Waals surface area (Å²) in [6.07, 6.45) is -3.82. The number of ether oxygens (including phenoxy) is 2. The summed E-state index contributed by atoms with van der Waals surface area (Å²) in [6.45, 7) is 1.26. The monoisotopic (exact) mass is 446 g/mol. The Balaban J connectivity index is 2.48. The Hall–Kier alpha value is -2.95. The molecule has 0 aliphatic heterocycles. The maximum absolute atomic E-state index is 13.2. The zero-order valence-corrected chi connectivity index (χ0v) is 17.5. The number of nitrogens with one attached hydrogen (secondary N) is 1. The molecule has 0 bridgehead atoms. The molecule has 2 aromatic rings. The van der Waals surface area contributed by atoms with Crippen molar-refractivity contribution in [1.29, 1.82) is 0 Å². The minimum Gasteiger partial charge on any atom is -0.497 e.